The van der Waals surface area contributed by atoms with Crippen LogP contribution in [0.25, 0.3) is 10.9 Å². The van der Waals surface area contributed by atoms with Crippen LogP contribution in [0, 0.1) is 5.92 Å². The minimum atomic E-state index is -0.669. The first-order valence-electron chi connectivity index (χ1n) is 8.86. The molecule has 1 heterocycles. The van der Waals surface area contributed by atoms with E-state index in [1.54, 1.807) is 0 Å². The maximum atomic E-state index is 12.7. The van der Waals surface area contributed by atoms with Gasteiger partial charge in [-0.1, -0.05) is 18.2 Å². The summed E-state index contributed by atoms with van der Waals surface area (Å²) in [6.45, 7) is 0.439. The fourth-order valence-corrected chi connectivity index (χ4v) is 3.14. The van der Waals surface area contributed by atoms with Crippen LogP contribution in [-0.4, -0.2) is 41.3 Å². The number of fused-ring (bicyclic) bond motifs is 1. The molecule has 3 atom stereocenters. The average molecular weight is 356 g/mol. The van der Waals surface area contributed by atoms with Crippen LogP contribution in [0.4, 0.5) is 0 Å². The van der Waals surface area contributed by atoms with E-state index in [0.29, 0.717) is 31.5 Å². The molecule has 1 aromatic carbocycles. The van der Waals surface area contributed by atoms with Gasteiger partial charge in [-0.2, -0.15) is 0 Å². The first kappa shape index (κ1) is 18.1. The fourth-order valence-electron chi connectivity index (χ4n) is 3.14. The molecule has 1 aliphatic carbocycles. The molecule has 7 nitrogen and oxygen atoms in total. The number of para-hydroxylation sites is 1. The summed E-state index contributed by atoms with van der Waals surface area (Å²) in [6.07, 6.45) is 2.59. The van der Waals surface area contributed by atoms with Crippen LogP contribution in [0.5, 0.6) is 0 Å². The second-order valence-electron chi connectivity index (χ2n) is 6.76. The molecule has 138 valence electrons. The molecule has 2 aromatic rings. The average Bonchev–Trinajstić information content (AvgIpc) is 3.31. The predicted molar refractivity (Wildman–Crippen MR) is 98.6 cm³/mol. The maximum Gasteiger partial charge on any atom is 0.268 e. The van der Waals surface area contributed by atoms with Gasteiger partial charge in [0, 0.05) is 29.9 Å². The van der Waals surface area contributed by atoms with Crippen LogP contribution < -0.4 is 16.4 Å². The normalized spacial score (nSPS) is 19.8. The van der Waals surface area contributed by atoms with E-state index in [9.17, 15) is 14.4 Å². The number of nitrogens with two attached hydrogens (primary N) is 1. The van der Waals surface area contributed by atoms with Crippen molar-refractivity contribution in [3.8, 4) is 0 Å². The number of rotatable bonds is 8. The number of nitrogens with zero attached hydrogens (tertiary/aromatic N) is 1. The molecule has 1 aromatic heterocycles. The Bertz CT molecular complexity index is 829. The third-order valence-corrected chi connectivity index (χ3v) is 4.85. The van der Waals surface area contributed by atoms with Crippen LogP contribution in [0.2, 0.25) is 0 Å². The van der Waals surface area contributed by atoms with Crippen LogP contribution in [0.15, 0.2) is 30.3 Å². The molecule has 0 bridgehead atoms. The highest BCUT2D eigenvalue weighted by molar-refractivity contribution is 6.00. The van der Waals surface area contributed by atoms with Crippen LogP contribution in [0.1, 0.15) is 29.8 Å². The van der Waals surface area contributed by atoms with Crippen molar-refractivity contribution < 1.29 is 14.4 Å². The van der Waals surface area contributed by atoms with Crippen molar-refractivity contribution in [1.29, 1.82) is 0 Å². The second-order valence-corrected chi connectivity index (χ2v) is 6.76. The van der Waals surface area contributed by atoms with E-state index in [0.717, 1.165) is 17.2 Å². The van der Waals surface area contributed by atoms with Crippen molar-refractivity contribution in [3.05, 3.63) is 36.0 Å². The number of carbonyl (C=O) groups excluding carboxylic acids is 3. The zero-order chi connectivity index (χ0) is 18.7. The molecule has 7 heteroatoms. The second kappa shape index (κ2) is 7.70. The van der Waals surface area contributed by atoms with Crippen LogP contribution in [0.3, 0.4) is 0 Å². The van der Waals surface area contributed by atoms with Gasteiger partial charge in [-0.05, 0) is 37.9 Å². The Morgan fingerprint density at radius 2 is 2.15 bits per heavy atom. The Kier molecular flexibility index (Phi) is 5.37. The minimum Gasteiger partial charge on any atom is -0.351 e. The van der Waals surface area contributed by atoms with E-state index in [1.807, 2.05) is 41.9 Å². The third-order valence-electron chi connectivity index (χ3n) is 4.85. The van der Waals surface area contributed by atoms with Crippen molar-refractivity contribution in [3.63, 3.8) is 0 Å². The lowest BCUT2D eigenvalue weighted by Gasteiger charge is -2.18. The number of benzene rings is 1. The number of hydrogen-bond acceptors (Lipinski definition) is 4. The van der Waals surface area contributed by atoms with E-state index in [1.165, 1.54) is 0 Å². The number of nitrogens with one attached hydrogen (secondary N) is 2. The Morgan fingerprint density at radius 1 is 1.38 bits per heavy atom. The van der Waals surface area contributed by atoms with Crippen molar-refractivity contribution in [2.75, 3.05) is 6.54 Å². The van der Waals surface area contributed by atoms with Gasteiger partial charge in [-0.15, -0.1) is 0 Å². The van der Waals surface area contributed by atoms with Gasteiger partial charge in [0.05, 0.1) is 0 Å². The highest BCUT2D eigenvalue weighted by Gasteiger charge is 2.39. The molecule has 0 aliphatic heterocycles. The van der Waals surface area contributed by atoms with E-state index < -0.39 is 6.04 Å². The standard InChI is InChI=1S/C19H24N4O3/c1-23-16-7-3-2-5-12(16)10-17(23)19(26)21-14(6-4-8-20)18(25)22-15-9-13(15)11-24/h2-3,5,7,10-11,13-15H,4,6,8-9,20H2,1H3,(H,21,26)(H,22,25). The Balaban J connectivity index is 1.72. The van der Waals surface area contributed by atoms with Gasteiger partial charge in [-0.25, -0.2) is 0 Å². The first-order valence-corrected chi connectivity index (χ1v) is 8.86. The molecule has 0 radical (unpaired) electrons. The molecule has 2 amide bonds. The van der Waals surface area contributed by atoms with Crippen molar-refractivity contribution in [2.24, 2.45) is 18.7 Å². The zero-order valence-corrected chi connectivity index (χ0v) is 14.8. The van der Waals surface area contributed by atoms with Gasteiger partial charge in [-0.3, -0.25) is 9.59 Å². The van der Waals surface area contributed by atoms with E-state index in [2.05, 4.69) is 10.6 Å². The van der Waals surface area contributed by atoms with Gasteiger partial charge in [0.25, 0.3) is 5.91 Å². The fraction of sp³-hybridized carbons (Fsp3) is 0.421. The number of amides is 2. The molecule has 3 unspecified atom stereocenters. The number of aromatic nitrogens is 1. The van der Waals surface area contributed by atoms with Gasteiger partial charge in [0.1, 0.15) is 18.0 Å². The Labute approximate surface area is 151 Å². The summed E-state index contributed by atoms with van der Waals surface area (Å²) in [4.78, 5) is 36.0. The van der Waals surface area contributed by atoms with E-state index >= 15 is 0 Å². The lowest BCUT2D eigenvalue weighted by atomic mass is 10.1. The number of aldehydes is 1. The minimum absolute atomic E-state index is 0.108. The quantitative estimate of drug-likeness (QED) is 0.606. The van der Waals surface area contributed by atoms with E-state index in [4.69, 9.17) is 5.73 Å². The van der Waals surface area contributed by atoms with Gasteiger partial charge >= 0.3 is 0 Å². The Hall–Kier alpha value is -2.67. The number of carbonyl (C=O) groups is 3. The van der Waals surface area contributed by atoms with Crippen molar-refractivity contribution in [2.45, 2.75) is 31.3 Å². The van der Waals surface area contributed by atoms with Crippen molar-refractivity contribution >= 4 is 29.0 Å². The summed E-state index contributed by atoms with van der Waals surface area (Å²) in [5.74, 6) is -0.675. The molecule has 4 N–H and O–H groups in total. The molecular formula is C19H24N4O3. The van der Waals surface area contributed by atoms with Gasteiger partial charge in [0.2, 0.25) is 5.91 Å². The molecule has 26 heavy (non-hydrogen) atoms. The molecule has 1 aliphatic rings. The summed E-state index contributed by atoms with van der Waals surface area (Å²) < 4.78 is 1.81. The molecule has 0 spiro atoms. The topological polar surface area (TPSA) is 106 Å². The lowest BCUT2D eigenvalue weighted by molar-refractivity contribution is -0.123. The van der Waals surface area contributed by atoms with Crippen LogP contribution in [-0.2, 0) is 16.6 Å². The van der Waals surface area contributed by atoms with Crippen molar-refractivity contribution in [1.82, 2.24) is 15.2 Å². The summed E-state index contributed by atoms with van der Waals surface area (Å²) >= 11 is 0. The third kappa shape index (κ3) is 3.77. The number of aryl methyl sites for hydroxylation is 1. The van der Waals surface area contributed by atoms with E-state index in [-0.39, 0.29) is 23.8 Å². The maximum absolute atomic E-state index is 12.7. The molecular weight excluding hydrogens is 332 g/mol. The molecule has 1 fully saturated rings. The smallest absolute Gasteiger partial charge is 0.268 e. The molecule has 1 saturated carbocycles. The van der Waals surface area contributed by atoms with Crippen LogP contribution >= 0.6 is 0 Å². The number of hydrogen-bond donors (Lipinski definition) is 3. The largest absolute Gasteiger partial charge is 0.351 e. The monoisotopic (exact) mass is 356 g/mol. The van der Waals surface area contributed by atoms with Gasteiger partial charge < -0.3 is 25.7 Å². The highest BCUT2D eigenvalue weighted by atomic mass is 16.2. The SMILES string of the molecule is Cn1c(C(=O)NC(CCCN)C(=O)NC2CC2C=O)cc2ccccc21. The zero-order valence-electron chi connectivity index (χ0n) is 14.8. The summed E-state index contributed by atoms with van der Waals surface area (Å²) in [5, 5.41) is 6.62. The highest BCUT2D eigenvalue weighted by Crippen LogP contribution is 2.27. The lowest BCUT2D eigenvalue weighted by Crippen LogP contribution is -2.48. The summed E-state index contributed by atoms with van der Waals surface area (Å²) in [5.41, 5.74) is 7.00. The summed E-state index contributed by atoms with van der Waals surface area (Å²) in [7, 11) is 1.82. The molecule has 0 saturated heterocycles. The summed E-state index contributed by atoms with van der Waals surface area (Å²) in [6, 6.07) is 8.74. The van der Waals surface area contributed by atoms with Gasteiger partial charge in [0.15, 0.2) is 0 Å². The Morgan fingerprint density at radius 3 is 2.81 bits per heavy atom. The predicted octanol–water partition coefficient (Wildman–Crippen LogP) is 0.719. The molecule has 3 rings (SSSR count). The first-order chi connectivity index (χ1) is 12.5.